The molecule has 1 nitrogen and oxygen atoms in total. The van der Waals surface area contributed by atoms with Crippen molar-refractivity contribution < 1.29 is 4.57 Å². The average molecular weight is 227 g/mol. The zero-order chi connectivity index (χ0) is 10.7. The summed E-state index contributed by atoms with van der Waals surface area (Å²) in [6, 6.07) is 0. The lowest BCUT2D eigenvalue weighted by Crippen LogP contribution is -2.21. The number of hydrogen-bond acceptors (Lipinski definition) is 1. The molecule has 2 fully saturated rings. The smallest absolute Gasteiger partial charge is 0.0940 e. The van der Waals surface area contributed by atoms with E-state index in [1.807, 2.05) is 0 Å². The second kappa shape index (κ2) is 5.04. The van der Waals surface area contributed by atoms with Crippen molar-refractivity contribution >= 4 is 7.14 Å². The van der Waals surface area contributed by atoms with Crippen LogP contribution in [0.5, 0.6) is 0 Å². The van der Waals surface area contributed by atoms with Crippen molar-refractivity contribution in [1.82, 2.24) is 0 Å². The molecular formula is C13H24OP. The normalized spacial score (nSPS) is 26.7. The summed E-state index contributed by atoms with van der Waals surface area (Å²) in [6.45, 7) is 4.17. The molecule has 2 rings (SSSR count). The molecule has 0 spiro atoms. The highest BCUT2D eigenvalue weighted by molar-refractivity contribution is 7.66. The predicted molar refractivity (Wildman–Crippen MR) is 66.7 cm³/mol. The Kier molecular flexibility index (Phi) is 3.93. The monoisotopic (exact) mass is 227 g/mol. The molecule has 87 valence electrons. The number of hydrogen-bond donors (Lipinski definition) is 0. The van der Waals surface area contributed by atoms with Gasteiger partial charge in [0.25, 0.3) is 0 Å². The lowest BCUT2D eigenvalue weighted by molar-refractivity contribution is 0.452. The van der Waals surface area contributed by atoms with Crippen LogP contribution in [0, 0.1) is 6.66 Å². The van der Waals surface area contributed by atoms with Crippen LogP contribution in [0.1, 0.15) is 64.2 Å². The fourth-order valence-corrected chi connectivity index (χ4v) is 6.41. The standard InChI is InChI=1S/C13H24OP/c1-15(14,12-8-4-2-5-9-12)13-10-6-3-7-11-13/h12-13H,1-11H2. The molecule has 2 aliphatic rings. The molecule has 0 aliphatic heterocycles. The molecule has 0 N–H and O–H groups in total. The van der Waals surface area contributed by atoms with Crippen LogP contribution < -0.4 is 0 Å². The molecule has 0 aromatic rings. The van der Waals surface area contributed by atoms with E-state index in [0.29, 0.717) is 11.3 Å². The molecule has 1 radical (unpaired) electrons. The molecule has 2 saturated carbocycles. The van der Waals surface area contributed by atoms with E-state index in [-0.39, 0.29) is 0 Å². The van der Waals surface area contributed by atoms with Crippen LogP contribution >= 0.6 is 7.14 Å². The lowest BCUT2D eigenvalue weighted by atomic mass is 9.99. The van der Waals surface area contributed by atoms with Gasteiger partial charge in [-0.05, 0) is 25.7 Å². The molecule has 0 saturated heterocycles. The van der Waals surface area contributed by atoms with E-state index in [9.17, 15) is 4.57 Å². The zero-order valence-corrected chi connectivity index (χ0v) is 10.7. The molecule has 0 bridgehead atoms. The summed E-state index contributed by atoms with van der Waals surface area (Å²) in [5.74, 6) is 0. The van der Waals surface area contributed by atoms with E-state index in [0.717, 1.165) is 0 Å². The fourth-order valence-electron chi connectivity index (χ4n) is 3.33. The van der Waals surface area contributed by atoms with Gasteiger partial charge in [-0.1, -0.05) is 38.5 Å². The lowest BCUT2D eigenvalue weighted by Gasteiger charge is -2.35. The minimum Gasteiger partial charge on any atom is -0.323 e. The van der Waals surface area contributed by atoms with E-state index in [2.05, 4.69) is 6.66 Å². The van der Waals surface area contributed by atoms with E-state index in [1.54, 1.807) is 0 Å². The molecule has 2 heteroatoms. The van der Waals surface area contributed by atoms with E-state index < -0.39 is 7.14 Å². The first kappa shape index (κ1) is 11.7. The maximum Gasteiger partial charge on any atom is 0.0940 e. The Morgan fingerprint density at radius 3 is 1.40 bits per heavy atom. The third-order valence-corrected chi connectivity index (χ3v) is 7.89. The van der Waals surface area contributed by atoms with Crippen LogP contribution in [-0.4, -0.2) is 11.3 Å². The quantitative estimate of drug-likeness (QED) is 0.619. The third-order valence-electron chi connectivity index (χ3n) is 4.39. The van der Waals surface area contributed by atoms with Gasteiger partial charge in [-0.25, -0.2) is 0 Å². The Balaban J connectivity index is 1.99. The molecule has 0 aromatic carbocycles. The van der Waals surface area contributed by atoms with Gasteiger partial charge in [-0.15, -0.1) is 0 Å². The molecule has 0 aromatic heterocycles. The van der Waals surface area contributed by atoms with Crippen molar-refractivity contribution in [3.05, 3.63) is 6.66 Å². The van der Waals surface area contributed by atoms with E-state index in [1.165, 1.54) is 64.2 Å². The van der Waals surface area contributed by atoms with Gasteiger partial charge in [0.05, 0.1) is 7.14 Å². The molecule has 0 unspecified atom stereocenters. The van der Waals surface area contributed by atoms with Gasteiger partial charge < -0.3 is 4.57 Å². The molecule has 15 heavy (non-hydrogen) atoms. The summed E-state index contributed by atoms with van der Waals surface area (Å²) >= 11 is 0. The summed E-state index contributed by atoms with van der Waals surface area (Å²) in [7, 11) is -2.09. The van der Waals surface area contributed by atoms with Gasteiger partial charge in [0.1, 0.15) is 0 Å². The molecule has 2 aliphatic carbocycles. The first-order valence-corrected chi connectivity index (χ1v) is 8.68. The third kappa shape index (κ3) is 2.67. The van der Waals surface area contributed by atoms with Gasteiger partial charge >= 0.3 is 0 Å². The summed E-state index contributed by atoms with van der Waals surface area (Å²) in [6.07, 6.45) is 12.6. The fraction of sp³-hybridized carbons (Fsp3) is 0.923. The van der Waals surface area contributed by atoms with Crippen molar-refractivity contribution in [2.24, 2.45) is 0 Å². The van der Waals surface area contributed by atoms with Gasteiger partial charge in [0, 0.05) is 18.0 Å². The molecule has 0 heterocycles. The Morgan fingerprint density at radius 1 is 0.733 bits per heavy atom. The SMILES string of the molecule is [CH2]P(=O)(C1CCCCC1)C1CCCCC1. The van der Waals surface area contributed by atoms with Gasteiger partial charge in [-0.2, -0.15) is 0 Å². The topological polar surface area (TPSA) is 17.1 Å². The van der Waals surface area contributed by atoms with Gasteiger partial charge in [0.2, 0.25) is 0 Å². The largest absolute Gasteiger partial charge is 0.323 e. The van der Waals surface area contributed by atoms with Crippen LogP contribution in [0.2, 0.25) is 0 Å². The summed E-state index contributed by atoms with van der Waals surface area (Å²) in [5.41, 5.74) is 0.962. The molecule has 0 amide bonds. The van der Waals surface area contributed by atoms with Crippen molar-refractivity contribution in [1.29, 1.82) is 0 Å². The second-order valence-corrected chi connectivity index (χ2v) is 8.61. The molecular weight excluding hydrogens is 203 g/mol. The first-order valence-electron chi connectivity index (χ1n) is 6.65. The summed E-state index contributed by atoms with van der Waals surface area (Å²) < 4.78 is 12.8. The van der Waals surface area contributed by atoms with Crippen LogP contribution in [0.25, 0.3) is 0 Å². The summed E-state index contributed by atoms with van der Waals surface area (Å²) in [5, 5.41) is 0. The maximum atomic E-state index is 12.8. The van der Waals surface area contributed by atoms with Crippen molar-refractivity contribution in [2.75, 3.05) is 0 Å². The Morgan fingerprint density at radius 2 is 1.07 bits per heavy atom. The molecule has 0 atom stereocenters. The van der Waals surface area contributed by atoms with Crippen molar-refractivity contribution in [2.45, 2.75) is 75.5 Å². The van der Waals surface area contributed by atoms with Gasteiger partial charge in [-0.3, -0.25) is 0 Å². The highest BCUT2D eigenvalue weighted by atomic mass is 31.2. The van der Waals surface area contributed by atoms with E-state index >= 15 is 0 Å². The minimum atomic E-state index is -2.09. The zero-order valence-electron chi connectivity index (χ0n) is 9.79. The van der Waals surface area contributed by atoms with Crippen LogP contribution in [0.15, 0.2) is 0 Å². The van der Waals surface area contributed by atoms with Crippen molar-refractivity contribution in [3.8, 4) is 0 Å². The average Bonchev–Trinajstić information content (AvgIpc) is 2.31. The Bertz CT molecular complexity index is 215. The first-order chi connectivity index (χ1) is 7.21. The second-order valence-electron chi connectivity index (χ2n) is 5.44. The maximum absolute atomic E-state index is 12.8. The Hall–Kier alpha value is 0.230. The highest BCUT2D eigenvalue weighted by Crippen LogP contribution is 2.61. The Labute approximate surface area is 94.4 Å². The van der Waals surface area contributed by atoms with Crippen LogP contribution in [-0.2, 0) is 4.57 Å². The minimum absolute atomic E-state index is 0.481. The van der Waals surface area contributed by atoms with E-state index in [4.69, 9.17) is 0 Å². The van der Waals surface area contributed by atoms with Crippen LogP contribution in [0.4, 0.5) is 0 Å². The van der Waals surface area contributed by atoms with Gasteiger partial charge in [0.15, 0.2) is 0 Å². The van der Waals surface area contributed by atoms with Crippen molar-refractivity contribution in [3.63, 3.8) is 0 Å². The summed E-state index contributed by atoms with van der Waals surface area (Å²) in [4.78, 5) is 0. The number of rotatable bonds is 2. The van der Waals surface area contributed by atoms with Crippen LogP contribution in [0.3, 0.4) is 0 Å². The highest BCUT2D eigenvalue weighted by Gasteiger charge is 2.37. The predicted octanol–water partition coefficient (Wildman–Crippen LogP) is 4.81.